The first-order valence-corrected chi connectivity index (χ1v) is 5.52. The molecule has 0 bridgehead atoms. The molecule has 0 aliphatic heterocycles. The van der Waals surface area contributed by atoms with E-state index in [1.165, 1.54) is 25.0 Å². The summed E-state index contributed by atoms with van der Waals surface area (Å²) >= 11 is 1.18. The Morgan fingerprint density at radius 1 is 1.50 bits per heavy atom. The number of imidazole rings is 1. The van der Waals surface area contributed by atoms with E-state index in [1.807, 2.05) is 0 Å². The van der Waals surface area contributed by atoms with Crippen molar-refractivity contribution in [3.63, 3.8) is 0 Å². The molecule has 0 aromatic carbocycles. The molecule has 2 heterocycles. The van der Waals surface area contributed by atoms with Gasteiger partial charge in [-0.1, -0.05) is 17.7 Å². The highest BCUT2D eigenvalue weighted by Gasteiger charge is 2.01. The van der Waals surface area contributed by atoms with Crippen LogP contribution in [0.1, 0.15) is 12.6 Å². The highest BCUT2D eigenvalue weighted by Crippen LogP contribution is 2.07. The number of carbonyl (C=O) groups is 1. The van der Waals surface area contributed by atoms with Crippen LogP contribution in [-0.4, -0.2) is 30.8 Å². The number of carbonyl (C=O) groups excluding carboxylic acids is 1. The molecule has 2 aromatic heterocycles. The van der Waals surface area contributed by atoms with E-state index in [-0.39, 0.29) is 5.12 Å². The molecule has 2 rings (SSSR count). The highest BCUT2D eigenvalue weighted by atomic mass is 32.2. The van der Waals surface area contributed by atoms with Gasteiger partial charge in [0, 0.05) is 6.92 Å². The molecule has 5 nitrogen and oxygen atoms in total. The van der Waals surface area contributed by atoms with Crippen molar-refractivity contribution in [3.8, 4) is 11.8 Å². The van der Waals surface area contributed by atoms with Crippen molar-refractivity contribution in [2.45, 2.75) is 6.92 Å². The molecule has 0 fully saturated rings. The Bertz CT molecular complexity index is 581. The second-order valence-corrected chi connectivity index (χ2v) is 4.06. The van der Waals surface area contributed by atoms with Gasteiger partial charge in [-0.3, -0.25) is 4.79 Å². The zero-order chi connectivity index (χ0) is 11.4. The monoisotopic (exact) mass is 232 g/mol. The lowest BCUT2D eigenvalue weighted by Crippen LogP contribution is -1.88. The van der Waals surface area contributed by atoms with Crippen molar-refractivity contribution < 1.29 is 4.79 Å². The van der Waals surface area contributed by atoms with E-state index in [9.17, 15) is 4.79 Å². The van der Waals surface area contributed by atoms with Gasteiger partial charge >= 0.3 is 0 Å². The number of nitrogens with one attached hydrogen (secondary N) is 1. The van der Waals surface area contributed by atoms with Crippen LogP contribution >= 0.6 is 11.8 Å². The van der Waals surface area contributed by atoms with Gasteiger partial charge in [0.25, 0.3) is 0 Å². The molecule has 0 spiro atoms. The van der Waals surface area contributed by atoms with Gasteiger partial charge in [-0.25, -0.2) is 15.0 Å². The molecule has 16 heavy (non-hydrogen) atoms. The van der Waals surface area contributed by atoms with Crippen molar-refractivity contribution >= 4 is 28.0 Å². The molecule has 0 amide bonds. The Balaban J connectivity index is 2.20. The zero-order valence-electron chi connectivity index (χ0n) is 8.52. The summed E-state index contributed by atoms with van der Waals surface area (Å²) in [7, 11) is 0. The molecule has 80 valence electrons. The third-order valence-corrected chi connectivity index (χ3v) is 2.47. The van der Waals surface area contributed by atoms with Gasteiger partial charge in [0.05, 0.1) is 12.1 Å². The minimum atomic E-state index is 0.0590. The van der Waals surface area contributed by atoms with E-state index < -0.39 is 0 Å². The van der Waals surface area contributed by atoms with E-state index in [0.717, 1.165) is 5.52 Å². The van der Waals surface area contributed by atoms with Crippen LogP contribution in [0.5, 0.6) is 0 Å². The van der Waals surface area contributed by atoms with Crippen LogP contribution in [0.3, 0.4) is 0 Å². The Hall–Kier alpha value is -1.87. The highest BCUT2D eigenvalue weighted by molar-refractivity contribution is 8.13. The van der Waals surface area contributed by atoms with Crippen molar-refractivity contribution in [1.82, 2.24) is 19.9 Å². The van der Waals surface area contributed by atoms with Gasteiger partial charge in [-0.05, 0) is 5.92 Å². The van der Waals surface area contributed by atoms with Gasteiger partial charge in [0.2, 0.25) is 0 Å². The van der Waals surface area contributed by atoms with Crippen LogP contribution in [-0.2, 0) is 4.79 Å². The van der Waals surface area contributed by atoms with Crippen molar-refractivity contribution in [3.05, 3.63) is 18.3 Å². The molecule has 0 radical (unpaired) electrons. The molecule has 0 saturated carbocycles. The summed E-state index contributed by atoms with van der Waals surface area (Å²) in [5.74, 6) is 6.22. The predicted octanol–water partition coefficient (Wildman–Crippen LogP) is 0.984. The normalized spacial score (nSPS) is 9.81. The van der Waals surface area contributed by atoms with E-state index in [0.29, 0.717) is 17.1 Å². The van der Waals surface area contributed by atoms with Crippen LogP contribution < -0.4 is 0 Å². The maximum Gasteiger partial charge on any atom is 0.186 e. The van der Waals surface area contributed by atoms with Gasteiger partial charge in [-0.2, -0.15) is 0 Å². The van der Waals surface area contributed by atoms with E-state index in [4.69, 9.17) is 0 Å². The van der Waals surface area contributed by atoms with Crippen molar-refractivity contribution in [1.29, 1.82) is 0 Å². The second kappa shape index (κ2) is 4.77. The topological polar surface area (TPSA) is 71.5 Å². The molecular weight excluding hydrogens is 224 g/mol. The van der Waals surface area contributed by atoms with Crippen molar-refractivity contribution in [2.24, 2.45) is 0 Å². The number of fused-ring (bicyclic) bond motifs is 1. The molecule has 0 unspecified atom stereocenters. The number of aromatic amines is 1. The number of thioether (sulfide) groups is 1. The molecule has 2 aromatic rings. The fourth-order valence-corrected chi connectivity index (χ4v) is 1.46. The predicted molar refractivity (Wildman–Crippen MR) is 61.7 cm³/mol. The standard InChI is InChI=1S/C10H8N4OS/c1-7(15)16-4-2-3-8-9-10(13-5-11-8)14-6-12-9/h5-6H,4H2,1H3,(H,11,12,13,14). The third kappa shape index (κ3) is 2.38. The summed E-state index contributed by atoms with van der Waals surface area (Å²) in [6.45, 7) is 1.52. The minimum absolute atomic E-state index is 0.0590. The minimum Gasteiger partial charge on any atom is -0.341 e. The Morgan fingerprint density at radius 2 is 2.38 bits per heavy atom. The molecule has 0 aliphatic rings. The number of nitrogens with zero attached hydrogens (tertiary/aromatic N) is 3. The molecular formula is C10H8N4OS. The first-order valence-electron chi connectivity index (χ1n) is 4.53. The van der Waals surface area contributed by atoms with Gasteiger partial charge in [0.1, 0.15) is 17.5 Å². The largest absolute Gasteiger partial charge is 0.341 e. The quantitative estimate of drug-likeness (QED) is 0.742. The SMILES string of the molecule is CC(=O)SCC#Cc1ncnc2nc[nH]c12. The van der Waals surface area contributed by atoms with Crippen LogP contribution in [0.2, 0.25) is 0 Å². The van der Waals surface area contributed by atoms with Crippen molar-refractivity contribution in [2.75, 3.05) is 5.75 Å². The summed E-state index contributed by atoms with van der Waals surface area (Å²) < 4.78 is 0. The zero-order valence-corrected chi connectivity index (χ0v) is 9.34. The maximum atomic E-state index is 10.7. The molecule has 0 saturated heterocycles. The summed E-state index contributed by atoms with van der Waals surface area (Å²) in [4.78, 5) is 25.6. The average molecular weight is 232 g/mol. The number of aromatic nitrogens is 4. The first kappa shape index (κ1) is 10.6. The molecule has 0 aliphatic carbocycles. The maximum absolute atomic E-state index is 10.7. The third-order valence-electron chi connectivity index (χ3n) is 1.78. The summed E-state index contributed by atoms with van der Waals surface area (Å²) in [5, 5.41) is 0.0590. The Labute approximate surface area is 96.1 Å². The average Bonchev–Trinajstić information content (AvgIpc) is 2.72. The van der Waals surface area contributed by atoms with E-state index in [2.05, 4.69) is 31.8 Å². The molecule has 6 heteroatoms. The number of hydrogen-bond donors (Lipinski definition) is 1. The van der Waals surface area contributed by atoms with Gasteiger partial charge in [0.15, 0.2) is 10.8 Å². The van der Waals surface area contributed by atoms with Gasteiger partial charge in [-0.15, -0.1) is 0 Å². The fraction of sp³-hybridized carbons (Fsp3) is 0.200. The number of rotatable bonds is 1. The smallest absolute Gasteiger partial charge is 0.186 e. The Morgan fingerprint density at radius 3 is 3.19 bits per heavy atom. The van der Waals surface area contributed by atoms with Crippen LogP contribution in [0, 0.1) is 11.8 Å². The molecule has 0 atom stereocenters. The van der Waals surface area contributed by atoms with E-state index >= 15 is 0 Å². The first-order chi connectivity index (χ1) is 7.77. The Kier molecular flexibility index (Phi) is 3.17. The number of hydrogen-bond acceptors (Lipinski definition) is 5. The molecule has 1 N–H and O–H groups in total. The van der Waals surface area contributed by atoms with Crippen LogP contribution in [0.4, 0.5) is 0 Å². The number of H-pyrrole nitrogens is 1. The lowest BCUT2D eigenvalue weighted by molar-refractivity contribution is -0.109. The van der Waals surface area contributed by atoms with E-state index in [1.54, 1.807) is 6.33 Å². The summed E-state index contributed by atoms with van der Waals surface area (Å²) in [5.41, 5.74) is 1.92. The summed E-state index contributed by atoms with van der Waals surface area (Å²) in [6, 6.07) is 0. The lowest BCUT2D eigenvalue weighted by Gasteiger charge is -1.90. The van der Waals surface area contributed by atoms with Gasteiger partial charge < -0.3 is 4.98 Å². The lowest BCUT2D eigenvalue weighted by atomic mass is 10.3. The van der Waals surface area contributed by atoms with Crippen LogP contribution in [0.25, 0.3) is 11.2 Å². The second-order valence-electron chi connectivity index (χ2n) is 2.91. The fourth-order valence-electron chi connectivity index (χ4n) is 1.12. The van der Waals surface area contributed by atoms with Crippen LogP contribution in [0.15, 0.2) is 12.7 Å². The summed E-state index contributed by atoms with van der Waals surface area (Å²) in [6.07, 6.45) is 2.97.